The fourth-order valence-corrected chi connectivity index (χ4v) is 2.17. The van der Waals surface area contributed by atoms with Crippen LogP contribution < -0.4 is 10.5 Å². The van der Waals surface area contributed by atoms with Gasteiger partial charge in [-0.3, -0.25) is 9.78 Å². The number of morpholine rings is 1. The Labute approximate surface area is 116 Å². The van der Waals surface area contributed by atoms with Crippen molar-refractivity contribution in [2.75, 3.05) is 31.2 Å². The second-order valence-electron chi connectivity index (χ2n) is 4.69. The van der Waals surface area contributed by atoms with E-state index in [2.05, 4.69) is 15.2 Å². The second-order valence-corrected chi connectivity index (χ2v) is 4.69. The predicted octanol–water partition coefficient (Wildman–Crippen LogP) is 0.592. The Morgan fingerprint density at radius 2 is 1.90 bits per heavy atom. The van der Waals surface area contributed by atoms with Crippen LogP contribution in [0.4, 0.5) is 5.95 Å². The third kappa shape index (κ3) is 2.85. The van der Waals surface area contributed by atoms with E-state index in [0.717, 1.165) is 18.7 Å². The minimum atomic E-state index is -0.176. The zero-order valence-electron chi connectivity index (χ0n) is 11.1. The van der Waals surface area contributed by atoms with E-state index in [1.807, 2.05) is 35.2 Å². The quantitative estimate of drug-likeness (QED) is 0.885. The highest BCUT2D eigenvalue weighted by Gasteiger charge is 2.15. The lowest BCUT2D eigenvalue weighted by atomic mass is 10.1. The molecule has 1 fully saturated rings. The Morgan fingerprint density at radius 3 is 2.60 bits per heavy atom. The maximum absolute atomic E-state index is 12.1. The van der Waals surface area contributed by atoms with Gasteiger partial charge in [0.1, 0.15) is 5.69 Å². The molecule has 0 aliphatic carbocycles. The first-order valence-electron chi connectivity index (χ1n) is 6.65. The number of nitrogens with one attached hydrogen (secondary N) is 1. The van der Waals surface area contributed by atoms with Gasteiger partial charge >= 0.3 is 0 Å². The molecule has 0 atom stereocenters. The van der Waals surface area contributed by atoms with E-state index >= 15 is 0 Å². The summed E-state index contributed by atoms with van der Waals surface area (Å²) in [6.45, 7) is 2.75. The molecule has 0 amide bonds. The van der Waals surface area contributed by atoms with Crippen LogP contribution in [0, 0.1) is 0 Å². The van der Waals surface area contributed by atoms with E-state index in [-0.39, 0.29) is 5.56 Å². The van der Waals surface area contributed by atoms with Crippen molar-refractivity contribution in [2.24, 2.45) is 0 Å². The predicted molar refractivity (Wildman–Crippen MR) is 74.9 cm³/mol. The monoisotopic (exact) mass is 272 g/mol. The first-order valence-corrected chi connectivity index (χ1v) is 6.65. The van der Waals surface area contributed by atoms with Crippen LogP contribution >= 0.6 is 0 Å². The number of ether oxygens (including phenoxy) is 1. The smallest absolute Gasteiger partial charge is 0.274 e. The van der Waals surface area contributed by atoms with E-state index in [1.54, 1.807) is 0 Å². The minimum absolute atomic E-state index is 0.176. The molecule has 0 unspecified atom stereocenters. The van der Waals surface area contributed by atoms with E-state index in [9.17, 15) is 4.79 Å². The molecule has 1 N–H and O–H groups in total. The average Bonchev–Trinajstić information content (AvgIpc) is 2.51. The molecule has 1 aliphatic heterocycles. The van der Waals surface area contributed by atoms with Crippen molar-refractivity contribution in [3.8, 4) is 0 Å². The molecule has 0 radical (unpaired) electrons. The summed E-state index contributed by atoms with van der Waals surface area (Å²) in [4.78, 5) is 16.9. The lowest BCUT2D eigenvalue weighted by molar-refractivity contribution is 0.122. The molecule has 6 heteroatoms. The molecular weight excluding hydrogens is 256 g/mol. The molecule has 2 aromatic rings. The molecule has 2 heterocycles. The number of rotatable bonds is 3. The van der Waals surface area contributed by atoms with E-state index < -0.39 is 0 Å². The SMILES string of the molecule is O=c1[nH]c(N2CCOCC2)nnc1Cc1ccccc1. The molecule has 3 rings (SSSR count). The van der Waals surface area contributed by atoms with Crippen molar-refractivity contribution >= 4 is 5.95 Å². The van der Waals surface area contributed by atoms with Crippen LogP contribution in [0.2, 0.25) is 0 Å². The highest BCUT2D eigenvalue weighted by atomic mass is 16.5. The summed E-state index contributed by atoms with van der Waals surface area (Å²) in [6.07, 6.45) is 0.493. The summed E-state index contributed by atoms with van der Waals surface area (Å²) < 4.78 is 5.27. The van der Waals surface area contributed by atoms with E-state index in [0.29, 0.717) is 31.3 Å². The van der Waals surface area contributed by atoms with Gasteiger partial charge in [-0.15, -0.1) is 10.2 Å². The van der Waals surface area contributed by atoms with E-state index in [4.69, 9.17) is 4.74 Å². The maximum Gasteiger partial charge on any atom is 0.274 e. The van der Waals surface area contributed by atoms with Crippen LogP contribution in [0.5, 0.6) is 0 Å². The van der Waals surface area contributed by atoms with Crippen molar-refractivity contribution in [3.05, 3.63) is 51.9 Å². The highest BCUT2D eigenvalue weighted by molar-refractivity contribution is 5.29. The number of benzene rings is 1. The number of nitrogens with zero attached hydrogens (tertiary/aromatic N) is 3. The summed E-state index contributed by atoms with van der Waals surface area (Å²) in [7, 11) is 0. The van der Waals surface area contributed by atoms with Crippen molar-refractivity contribution in [3.63, 3.8) is 0 Å². The number of H-pyrrole nitrogens is 1. The fourth-order valence-electron chi connectivity index (χ4n) is 2.17. The molecule has 1 aromatic carbocycles. The summed E-state index contributed by atoms with van der Waals surface area (Å²) >= 11 is 0. The fraction of sp³-hybridized carbons (Fsp3) is 0.357. The lowest BCUT2D eigenvalue weighted by Gasteiger charge is -2.26. The van der Waals surface area contributed by atoms with E-state index in [1.165, 1.54) is 0 Å². The van der Waals surface area contributed by atoms with Gasteiger partial charge in [0.2, 0.25) is 5.95 Å². The number of anilines is 1. The summed E-state index contributed by atoms with van der Waals surface area (Å²) in [5.41, 5.74) is 1.31. The molecule has 20 heavy (non-hydrogen) atoms. The van der Waals surface area contributed by atoms with Crippen LogP contribution in [-0.4, -0.2) is 41.5 Å². The molecule has 0 spiro atoms. The first kappa shape index (κ1) is 12.8. The standard InChI is InChI=1S/C14H16N4O2/c19-13-12(10-11-4-2-1-3-5-11)16-17-14(15-13)18-6-8-20-9-7-18/h1-5H,6-10H2,(H,15,17,19). The normalized spacial score (nSPS) is 15.3. The Kier molecular flexibility index (Phi) is 3.73. The first-order chi connectivity index (χ1) is 9.83. The summed E-state index contributed by atoms with van der Waals surface area (Å²) in [5, 5.41) is 8.20. The van der Waals surface area contributed by atoms with Crippen molar-refractivity contribution < 1.29 is 4.74 Å². The van der Waals surface area contributed by atoms with Gasteiger partial charge in [-0.05, 0) is 5.56 Å². The third-order valence-corrected chi connectivity index (χ3v) is 3.28. The highest BCUT2D eigenvalue weighted by Crippen LogP contribution is 2.07. The lowest BCUT2D eigenvalue weighted by Crippen LogP contribution is -2.38. The average molecular weight is 272 g/mol. The summed E-state index contributed by atoms with van der Waals surface area (Å²) in [5.74, 6) is 0.523. The third-order valence-electron chi connectivity index (χ3n) is 3.28. The zero-order valence-corrected chi connectivity index (χ0v) is 11.1. The molecule has 104 valence electrons. The zero-order chi connectivity index (χ0) is 13.8. The number of hydrogen-bond acceptors (Lipinski definition) is 5. The van der Waals surface area contributed by atoms with Gasteiger partial charge in [0.25, 0.3) is 5.56 Å². The van der Waals surface area contributed by atoms with Crippen LogP contribution in [0.1, 0.15) is 11.3 Å². The largest absolute Gasteiger partial charge is 0.378 e. The Bertz CT molecular complexity index is 621. The van der Waals surface area contributed by atoms with Crippen LogP contribution in [0.25, 0.3) is 0 Å². The topological polar surface area (TPSA) is 71.1 Å². The van der Waals surface area contributed by atoms with Crippen molar-refractivity contribution in [1.82, 2.24) is 15.2 Å². The minimum Gasteiger partial charge on any atom is -0.378 e. The molecule has 0 saturated carbocycles. The number of hydrogen-bond donors (Lipinski definition) is 1. The molecule has 6 nitrogen and oxygen atoms in total. The van der Waals surface area contributed by atoms with Crippen LogP contribution in [0.3, 0.4) is 0 Å². The van der Waals surface area contributed by atoms with Gasteiger partial charge in [-0.2, -0.15) is 0 Å². The van der Waals surface area contributed by atoms with Gasteiger partial charge in [0.15, 0.2) is 0 Å². The van der Waals surface area contributed by atoms with Gasteiger partial charge in [-0.1, -0.05) is 30.3 Å². The van der Waals surface area contributed by atoms with Crippen LogP contribution in [-0.2, 0) is 11.2 Å². The Hall–Kier alpha value is -2.21. The maximum atomic E-state index is 12.1. The molecule has 1 aromatic heterocycles. The van der Waals surface area contributed by atoms with Gasteiger partial charge in [-0.25, -0.2) is 0 Å². The number of aromatic amines is 1. The second kappa shape index (κ2) is 5.83. The molecule has 1 saturated heterocycles. The number of aromatic nitrogens is 3. The summed E-state index contributed by atoms with van der Waals surface area (Å²) in [6, 6.07) is 9.77. The van der Waals surface area contributed by atoms with Crippen molar-refractivity contribution in [1.29, 1.82) is 0 Å². The molecule has 1 aliphatic rings. The van der Waals surface area contributed by atoms with Gasteiger partial charge < -0.3 is 9.64 Å². The Morgan fingerprint density at radius 1 is 1.15 bits per heavy atom. The molecule has 0 bridgehead atoms. The van der Waals surface area contributed by atoms with Gasteiger partial charge in [0, 0.05) is 19.5 Å². The molecular formula is C14H16N4O2. The van der Waals surface area contributed by atoms with Gasteiger partial charge in [0.05, 0.1) is 13.2 Å². The Balaban J connectivity index is 1.79. The van der Waals surface area contributed by atoms with Crippen molar-refractivity contribution in [2.45, 2.75) is 6.42 Å². The van der Waals surface area contributed by atoms with Crippen LogP contribution in [0.15, 0.2) is 35.1 Å².